The van der Waals surface area contributed by atoms with Crippen LogP contribution in [0.15, 0.2) is 71.1 Å². The molecule has 1 aliphatic heterocycles. The van der Waals surface area contributed by atoms with Crippen LogP contribution < -0.4 is 11.1 Å². The summed E-state index contributed by atoms with van der Waals surface area (Å²) in [7, 11) is 0. The topological polar surface area (TPSA) is 67.5 Å². The molecule has 4 heteroatoms. The van der Waals surface area contributed by atoms with Crippen LogP contribution in [0.3, 0.4) is 0 Å². The van der Waals surface area contributed by atoms with E-state index in [1.165, 1.54) is 0 Å². The van der Waals surface area contributed by atoms with Crippen molar-refractivity contribution in [2.75, 3.05) is 5.32 Å². The average Bonchev–Trinajstić information content (AvgIpc) is 2.65. The van der Waals surface area contributed by atoms with Gasteiger partial charge in [-0.3, -0.25) is 4.79 Å². The summed E-state index contributed by atoms with van der Waals surface area (Å²) in [5, 5.41) is 3.03. The molecule has 3 rings (SSSR count). The van der Waals surface area contributed by atoms with E-state index in [1.807, 2.05) is 54.6 Å². The molecule has 1 aliphatic rings. The van der Waals surface area contributed by atoms with Gasteiger partial charge in [-0.15, -0.1) is 0 Å². The number of hydrogen-bond acceptors (Lipinski definition) is 4. The number of allylic oxidation sites excluding steroid dienone is 1. The van der Waals surface area contributed by atoms with E-state index in [1.54, 1.807) is 0 Å². The Morgan fingerprint density at radius 2 is 1.70 bits per heavy atom. The van der Waals surface area contributed by atoms with Gasteiger partial charge >= 0.3 is 0 Å². The van der Waals surface area contributed by atoms with Crippen LogP contribution in [0.25, 0.3) is 0 Å². The molecule has 0 spiro atoms. The summed E-state index contributed by atoms with van der Waals surface area (Å²) in [6, 6.07) is 17.5. The maximum Gasteiger partial charge on any atom is 0.170 e. The molecule has 0 amide bonds. The largest absolute Gasteiger partial charge is 0.382 e. The first-order chi connectivity index (χ1) is 9.79. The lowest BCUT2D eigenvalue weighted by Crippen LogP contribution is -2.08. The minimum Gasteiger partial charge on any atom is -0.382 e. The van der Waals surface area contributed by atoms with Crippen molar-refractivity contribution in [2.24, 2.45) is 10.7 Å². The molecule has 0 aliphatic carbocycles. The quantitative estimate of drug-likeness (QED) is 0.817. The Hall–Kier alpha value is -2.88. The van der Waals surface area contributed by atoms with Crippen molar-refractivity contribution in [1.82, 2.24) is 0 Å². The number of carbonyl (C=O) groups excluding carboxylic acids is 1. The number of aliphatic imine (C=N–C) groups is 1. The second kappa shape index (κ2) is 5.01. The molecule has 0 fully saturated rings. The van der Waals surface area contributed by atoms with E-state index < -0.39 is 0 Å². The number of anilines is 1. The van der Waals surface area contributed by atoms with Crippen LogP contribution in [0.5, 0.6) is 0 Å². The van der Waals surface area contributed by atoms with Crippen LogP contribution in [0, 0.1) is 0 Å². The number of para-hydroxylation sites is 1. The Balaban J connectivity index is 2.25. The van der Waals surface area contributed by atoms with Crippen LogP contribution in [0.1, 0.15) is 11.1 Å². The predicted octanol–water partition coefficient (Wildman–Crippen LogP) is 2.28. The molecule has 0 radical (unpaired) electrons. The zero-order valence-electron chi connectivity index (χ0n) is 10.7. The lowest BCUT2D eigenvalue weighted by Gasteiger charge is -2.10. The molecule has 0 saturated heterocycles. The number of nitrogens with two attached hydrogens (primary N) is 1. The summed E-state index contributed by atoms with van der Waals surface area (Å²) in [5.74, 6) is 0.190. The van der Waals surface area contributed by atoms with Gasteiger partial charge in [0.1, 0.15) is 5.70 Å². The first-order valence-electron chi connectivity index (χ1n) is 6.25. The van der Waals surface area contributed by atoms with Crippen LogP contribution >= 0.6 is 0 Å². The summed E-state index contributed by atoms with van der Waals surface area (Å²) in [6.45, 7) is 0. The highest BCUT2D eigenvalue weighted by atomic mass is 16.1. The van der Waals surface area contributed by atoms with E-state index in [-0.39, 0.29) is 11.5 Å². The van der Waals surface area contributed by atoms with Crippen molar-refractivity contribution in [3.8, 4) is 0 Å². The molecular weight excluding hydrogens is 250 g/mol. The Bertz CT molecular complexity index is 718. The first kappa shape index (κ1) is 12.2. The van der Waals surface area contributed by atoms with Gasteiger partial charge in [-0.05, 0) is 6.07 Å². The van der Waals surface area contributed by atoms with Gasteiger partial charge < -0.3 is 11.1 Å². The maximum absolute atomic E-state index is 11.1. The Labute approximate surface area is 116 Å². The highest BCUT2D eigenvalue weighted by Crippen LogP contribution is 2.25. The number of hydrogen-bond donors (Lipinski definition) is 2. The van der Waals surface area contributed by atoms with Gasteiger partial charge in [0.15, 0.2) is 12.1 Å². The number of carbonyl (C=O) groups is 1. The van der Waals surface area contributed by atoms with Crippen molar-refractivity contribution < 1.29 is 4.79 Å². The van der Waals surface area contributed by atoms with Crippen LogP contribution in [0.2, 0.25) is 0 Å². The van der Waals surface area contributed by atoms with Gasteiger partial charge in [0.05, 0.1) is 5.71 Å². The fourth-order valence-corrected chi connectivity index (χ4v) is 2.15. The predicted molar refractivity (Wildman–Crippen MR) is 79.4 cm³/mol. The summed E-state index contributed by atoms with van der Waals surface area (Å²) in [6.07, 6.45) is 0.684. The highest BCUT2D eigenvalue weighted by molar-refractivity contribution is 6.17. The number of benzene rings is 2. The van der Waals surface area contributed by atoms with Crippen LogP contribution in [-0.2, 0) is 4.79 Å². The molecule has 2 aromatic carbocycles. The number of nitrogens with one attached hydrogen (secondary N) is 1. The standard InChI is InChI=1S/C16H13N3O/c17-16-14(10-20)18-13-9-5-4-8-12(13)15(19-16)11-6-2-1-3-7-11/h1-10,18H,17H2. The molecule has 0 aromatic heterocycles. The zero-order valence-corrected chi connectivity index (χ0v) is 10.7. The van der Waals surface area contributed by atoms with Gasteiger partial charge in [-0.2, -0.15) is 0 Å². The van der Waals surface area contributed by atoms with E-state index in [2.05, 4.69) is 10.3 Å². The Kier molecular flexibility index (Phi) is 3.05. The molecule has 20 heavy (non-hydrogen) atoms. The van der Waals surface area contributed by atoms with Crippen molar-refractivity contribution in [3.05, 3.63) is 77.2 Å². The van der Waals surface area contributed by atoms with E-state index in [0.717, 1.165) is 22.5 Å². The number of nitrogens with zero attached hydrogens (tertiary/aromatic N) is 1. The van der Waals surface area contributed by atoms with Gasteiger partial charge in [0, 0.05) is 16.8 Å². The number of aldehydes is 1. The lowest BCUT2D eigenvalue weighted by atomic mass is 10.0. The molecular formula is C16H13N3O. The monoisotopic (exact) mass is 263 g/mol. The van der Waals surface area contributed by atoms with Gasteiger partial charge in [-0.25, -0.2) is 4.99 Å². The molecule has 0 saturated carbocycles. The van der Waals surface area contributed by atoms with Gasteiger partial charge in [0.25, 0.3) is 0 Å². The molecule has 1 heterocycles. The van der Waals surface area contributed by atoms with Crippen molar-refractivity contribution >= 4 is 17.7 Å². The number of rotatable bonds is 2. The molecule has 4 nitrogen and oxygen atoms in total. The molecule has 3 N–H and O–H groups in total. The highest BCUT2D eigenvalue weighted by Gasteiger charge is 2.17. The smallest absolute Gasteiger partial charge is 0.170 e. The third-order valence-electron chi connectivity index (χ3n) is 3.12. The Morgan fingerprint density at radius 1 is 1.00 bits per heavy atom. The molecule has 2 aromatic rings. The molecule has 98 valence electrons. The summed E-state index contributed by atoms with van der Waals surface area (Å²) in [4.78, 5) is 15.5. The Morgan fingerprint density at radius 3 is 2.45 bits per heavy atom. The van der Waals surface area contributed by atoms with Crippen LogP contribution in [-0.4, -0.2) is 12.0 Å². The molecule has 0 atom stereocenters. The average molecular weight is 263 g/mol. The minimum absolute atomic E-state index is 0.190. The van der Waals surface area contributed by atoms with E-state index >= 15 is 0 Å². The lowest BCUT2D eigenvalue weighted by molar-refractivity contribution is -0.104. The van der Waals surface area contributed by atoms with E-state index in [4.69, 9.17) is 5.73 Å². The summed E-state index contributed by atoms with van der Waals surface area (Å²) in [5.41, 5.74) is 9.62. The fraction of sp³-hybridized carbons (Fsp3) is 0. The second-order valence-electron chi connectivity index (χ2n) is 4.41. The molecule has 0 unspecified atom stereocenters. The first-order valence-corrected chi connectivity index (χ1v) is 6.25. The van der Waals surface area contributed by atoms with E-state index in [0.29, 0.717) is 6.29 Å². The van der Waals surface area contributed by atoms with E-state index in [9.17, 15) is 4.79 Å². The van der Waals surface area contributed by atoms with Gasteiger partial charge in [0.2, 0.25) is 0 Å². The minimum atomic E-state index is 0.190. The second-order valence-corrected chi connectivity index (χ2v) is 4.41. The third-order valence-corrected chi connectivity index (χ3v) is 3.12. The fourth-order valence-electron chi connectivity index (χ4n) is 2.15. The zero-order chi connectivity index (χ0) is 13.9. The third kappa shape index (κ3) is 2.07. The maximum atomic E-state index is 11.1. The van der Waals surface area contributed by atoms with Crippen molar-refractivity contribution in [1.29, 1.82) is 0 Å². The number of fused-ring (bicyclic) bond motifs is 1. The molecule has 0 bridgehead atoms. The van der Waals surface area contributed by atoms with Gasteiger partial charge in [-0.1, -0.05) is 48.5 Å². The van der Waals surface area contributed by atoms with Crippen molar-refractivity contribution in [2.45, 2.75) is 0 Å². The summed E-state index contributed by atoms with van der Waals surface area (Å²) >= 11 is 0. The van der Waals surface area contributed by atoms with Crippen LogP contribution in [0.4, 0.5) is 5.69 Å². The summed E-state index contributed by atoms with van der Waals surface area (Å²) < 4.78 is 0. The SMILES string of the molecule is NC1=C(C=O)Nc2ccccc2C(c2ccccc2)=N1. The van der Waals surface area contributed by atoms with Crippen molar-refractivity contribution in [3.63, 3.8) is 0 Å². The normalized spacial score (nSPS) is 13.9.